The number of amides is 2. The summed E-state index contributed by atoms with van der Waals surface area (Å²) in [5.74, 6) is 2.21. The highest BCUT2D eigenvalue weighted by Crippen LogP contribution is 2.20. The van der Waals surface area contributed by atoms with Crippen LogP contribution in [-0.2, 0) is 19.5 Å². The van der Waals surface area contributed by atoms with E-state index in [4.69, 9.17) is 4.74 Å². The second-order valence-electron chi connectivity index (χ2n) is 5.59. The maximum atomic E-state index is 12.1. The van der Waals surface area contributed by atoms with Crippen molar-refractivity contribution in [2.75, 3.05) is 11.9 Å². The molecule has 0 atom stereocenters. The molecule has 0 fully saturated rings. The molecule has 0 bridgehead atoms. The van der Waals surface area contributed by atoms with E-state index in [-0.39, 0.29) is 6.03 Å². The van der Waals surface area contributed by atoms with E-state index in [1.807, 2.05) is 6.92 Å². The molecule has 0 aliphatic carbocycles. The molecule has 0 aromatic carbocycles. The molecule has 1 aliphatic heterocycles. The van der Waals surface area contributed by atoms with Crippen molar-refractivity contribution in [3.63, 3.8) is 0 Å². The lowest BCUT2D eigenvalue weighted by Crippen LogP contribution is -2.29. The number of aryl methyl sites for hydroxylation is 1. The van der Waals surface area contributed by atoms with Gasteiger partial charge in [0.1, 0.15) is 11.5 Å². The Morgan fingerprint density at radius 2 is 2.25 bits per heavy atom. The summed E-state index contributed by atoms with van der Waals surface area (Å²) < 4.78 is 7.51. The second-order valence-corrected chi connectivity index (χ2v) is 5.59. The third-order valence-corrected chi connectivity index (χ3v) is 3.89. The van der Waals surface area contributed by atoms with Crippen LogP contribution in [0.25, 0.3) is 0 Å². The molecule has 0 radical (unpaired) electrons. The molecule has 2 aromatic rings. The van der Waals surface area contributed by atoms with Crippen molar-refractivity contribution in [1.29, 1.82) is 0 Å². The van der Waals surface area contributed by atoms with Crippen molar-refractivity contribution in [3.05, 3.63) is 30.0 Å². The number of fused-ring (bicyclic) bond motifs is 1. The summed E-state index contributed by atoms with van der Waals surface area (Å²) >= 11 is 0. The minimum Gasteiger partial charge on any atom is -0.476 e. The Bertz CT molecular complexity index is 700. The van der Waals surface area contributed by atoms with Gasteiger partial charge in [-0.1, -0.05) is 6.42 Å². The second kappa shape index (κ2) is 7.76. The van der Waals surface area contributed by atoms with Gasteiger partial charge >= 0.3 is 6.03 Å². The van der Waals surface area contributed by atoms with Crippen LogP contribution >= 0.6 is 0 Å². The lowest BCUT2D eigenvalue weighted by molar-refractivity contribution is 0.251. The van der Waals surface area contributed by atoms with Crippen LogP contribution < -0.4 is 15.4 Å². The van der Waals surface area contributed by atoms with E-state index < -0.39 is 0 Å². The van der Waals surface area contributed by atoms with E-state index in [9.17, 15) is 4.79 Å². The predicted octanol–water partition coefficient (Wildman–Crippen LogP) is 2.12. The zero-order valence-corrected chi connectivity index (χ0v) is 13.8. The molecule has 8 heteroatoms. The number of hydrogen-bond acceptors (Lipinski definition) is 5. The van der Waals surface area contributed by atoms with E-state index in [0.29, 0.717) is 24.7 Å². The number of hydrogen-bond donors (Lipinski definition) is 2. The first-order valence-corrected chi connectivity index (χ1v) is 8.31. The van der Waals surface area contributed by atoms with Crippen LogP contribution in [0.3, 0.4) is 0 Å². The molecule has 2 aromatic heterocycles. The fourth-order valence-electron chi connectivity index (χ4n) is 2.74. The summed E-state index contributed by atoms with van der Waals surface area (Å²) in [4.78, 5) is 16.2. The van der Waals surface area contributed by atoms with Crippen molar-refractivity contribution in [2.45, 2.75) is 45.7 Å². The number of nitrogens with zero attached hydrogens (tertiary/aromatic N) is 4. The third-order valence-electron chi connectivity index (χ3n) is 3.89. The van der Waals surface area contributed by atoms with Crippen molar-refractivity contribution in [1.82, 2.24) is 25.1 Å². The first-order valence-electron chi connectivity index (χ1n) is 8.31. The van der Waals surface area contributed by atoms with Crippen molar-refractivity contribution in [2.24, 2.45) is 0 Å². The molecule has 0 saturated carbocycles. The van der Waals surface area contributed by atoms with Crippen LogP contribution in [0.15, 0.2) is 18.3 Å². The van der Waals surface area contributed by atoms with E-state index >= 15 is 0 Å². The lowest BCUT2D eigenvalue weighted by atomic mass is 10.2. The number of ether oxygens (including phenoxy) is 1. The number of rotatable bonds is 5. The third kappa shape index (κ3) is 3.81. The van der Waals surface area contributed by atoms with Crippen LogP contribution in [0, 0.1) is 0 Å². The van der Waals surface area contributed by atoms with E-state index in [0.717, 1.165) is 37.5 Å². The van der Waals surface area contributed by atoms with E-state index in [1.165, 1.54) is 6.42 Å². The zero-order chi connectivity index (χ0) is 16.8. The molecule has 24 heavy (non-hydrogen) atoms. The summed E-state index contributed by atoms with van der Waals surface area (Å²) in [6.45, 7) is 3.61. The molecule has 3 rings (SSSR count). The molecular weight excluding hydrogens is 308 g/mol. The molecule has 8 nitrogen and oxygen atoms in total. The summed E-state index contributed by atoms with van der Waals surface area (Å²) in [6.07, 6.45) is 6.05. The Hall–Kier alpha value is -2.64. The molecule has 1 aliphatic rings. The largest absolute Gasteiger partial charge is 0.476 e. The lowest BCUT2D eigenvalue weighted by Gasteiger charge is -2.11. The van der Waals surface area contributed by atoms with Crippen molar-refractivity contribution < 1.29 is 9.53 Å². The van der Waals surface area contributed by atoms with Gasteiger partial charge in [0.2, 0.25) is 5.88 Å². The summed E-state index contributed by atoms with van der Waals surface area (Å²) in [7, 11) is 0. The summed E-state index contributed by atoms with van der Waals surface area (Å²) in [5.41, 5.74) is 0.539. The predicted molar refractivity (Wildman–Crippen MR) is 88.8 cm³/mol. The van der Waals surface area contributed by atoms with Gasteiger partial charge in [-0.15, -0.1) is 10.2 Å². The van der Waals surface area contributed by atoms with Gasteiger partial charge in [-0.25, -0.2) is 9.78 Å². The smallest absolute Gasteiger partial charge is 0.319 e. The van der Waals surface area contributed by atoms with Gasteiger partial charge in [-0.05, 0) is 31.9 Å². The zero-order valence-electron chi connectivity index (χ0n) is 13.8. The molecule has 0 unspecified atom stereocenters. The summed E-state index contributed by atoms with van der Waals surface area (Å²) in [6, 6.07) is 3.17. The Balaban J connectivity index is 1.59. The fraction of sp³-hybridized carbons (Fsp3) is 0.500. The van der Waals surface area contributed by atoms with Crippen LogP contribution in [-0.4, -0.2) is 32.4 Å². The van der Waals surface area contributed by atoms with Gasteiger partial charge in [0.05, 0.1) is 13.2 Å². The molecule has 2 N–H and O–H groups in total. The standard InChI is InChI=1S/C16H22N6O2/c1-2-24-15-12(7-6-9-17-15)19-16(23)18-11-14-21-20-13-8-4-3-5-10-22(13)14/h6-7,9H,2-5,8,10-11H2,1H3,(H2,18,19,23). The minimum atomic E-state index is -0.324. The van der Waals surface area contributed by atoms with Crippen LogP contribution in [0.5, 0.6) is 5.88 Å². The van der Waals surface area contributed by atoms with Crippen LogP contribution in [0.4, 0.5) is 10.5 Å². The van der Waals surface area contributed by atoms with Gasteiger partial charge in [0, 0.05) is 19.2 Å². The minimum absolute atomic E-state index is 0.324. The highest BCUT2D eigenvalue weighted by Gasteiger charge is 2.15. The SMILES string of the molecule is CCOc1ncccc1NC(=O)NCc1nnc2n1CCCCC2. The fourth-order valence-corrected chi connectivity index (χ4v) is 2.74. The molecule has 0 saturated heterocycles. The quantitative estimate of drug-likeness (QED) is 0.876. The molecule has 128 valence electrons. The average molecular weight is 330 g/mol. The highest BCUT2D eigenvalue weighted by molar-refractivity contribution is 5.90. The first kappa shape index (κ1) is 16.2. The van der Waals surface area contributed by atoms with Crippen molar-refractivity contribution in [3.8, 4) is 5.88 Å². The Morgan fingerprint density at radius 1 is 1.33 bits per heavy atom. The van der Waals surface area contributed by atoms with Crippen LogP contribution in [0.2, 0.25) is 0 Å². The number of urea groups is 1. The van der Waals surface area contributed by atoms with Gasteiger partial charge in [0.15, 0.2) is 5.82 Å². The molecule has 3 heterocycles. The maximum absolute atomic E-state index is 12.1. The van der Waals surface area contributed by atoms with Crippen LogP contribution in [0.1, 0.15) is 37.8 Å². The first-order chi connectivity index (χ1) is 11.8. The Kier molecular flexibility index (Phi) is 5.25. The normalized spacial score (nSPS) is 13.7. The van der Waals surface area contributed by atoms with Gasteiger partial charge in [-0.2, -0.15) is 0 Å². The number of carbonyl (C=O) groups is 1. The highest BCUT2D eigenvalue weighted by atomic mass is 16.5. The summed E-state index contributed by atoms with van der Waals surface area (Å²) in [5, 5.41) is 14.0. The number of nitrogens with one attached hydrogen (secondary N) is 2. The van der Waals surface area contributed by atoms with E-state index in [2.05, 4.69) is 30.4 Å². The van der Waals surface area contributed by atoms with E-state index in [1.54, 1.807) is 18.3 Å². The number of carbonyl (C=O) groups excluding carboxylic acids is 1. The van der Waals surface area contributed by atoms with Gasteiger partial charge < -0.3 is 19.9 Å². The van der Waals surface area contributed by atoms with Gasteiger partial charge in [0.25, 0.3) is 0 Å². The molecule has 2 amide bonds. The number of anilines is 1. The van der Waals surface area contributed by atoms with Gasteiger partial charge in [-0.3, -0.25) is 0 Å². The van der Waals surface area contributed by atoms with Crippen molar-refractivity contribution >= 4 is 11.7 Å². The Labute approximate surface area is 140 Å². The topological polar surface area (TPSA) is 94.0 Å². The number of pyridine rings is 1. The monoisotopic (exact) mass is 330 g/mol. The average Bonchev–Trinajstić information content (AvgIpc) is 2.82. The molecule has 0 spiro atoms. The Morgan fingerprint density at radius 3 is 3.12 bits per heavy atom. The maximum Gasteiger partial charge on any atom is 0.319 e. The molecular formula is C16H22N6O2. The number of aromatic nitrogens is 4.